The van der Waals surface area contributed by atoms with Crippen LogP contribution in [0.2, 0.25) is 0 Å². The van der Waals surface area contributed by atoms with Crippen LogP contribution in [-0.2, 0) is 14.3 Å². The molecule has 0 spiro atoms. The lowest BCUT2D eigenvalue weighted by Gasteiger charge is -2.27. The summed E-state index contributed by atoms with van der Waals surface area (Å²) in [5, 5.41) is 9.17. The van der Waals surface area contributed by atoms with Crippen molar-refractivity contribution in [2.24, 2.45) is 11.8 Å². The largest absolute Gasteiger partial charge is 0.444 e. The van der Waals surface area contributed by atoms with E-state index in [4.69, 9.17) is 14.6 Å². The van der Waals surface area contributed by atoms with Crippen LogP contribution in [-0.4, -0.2) is 76.9 Å². The number of hydrogen-bond donors (Lipinski definition) is 1. The van der Waals surface area contributed by atoms with Crippen LogP contribution in [0, 0.1) is 11.8 Å². The van der Waals surface area contributed by atoms with Gasteiger partial charge in [-0.1, -0.05) is 12.8 Å². The van der Waals surface area contributed by atoms with Crippen molar-refractivity contribution in [3.8, 4) is 0 Å². The first kappa shape index (κ1) is 29.2. The zero-order chi connectivity index (χ0) is 25.2. The minimum Gasteiger partial charge on any atom is -0.444 e. The van der Waals surface area contributed by atoms with Gasteiger partial charge in [0.05, 0.1) is 0 Å². The van der Waals surface area contributed by atoms with Crippen LogP contribution in [0.1, 0.15) is 87.0 Å². The molecule has 0 aliphatic carbocycles. The van der Waals surface area contributed by atoms with Gasteiger partial charge in [-0.3, -0.25) is 4.79 Å². The Morgan fingerprint density at radius 3 is 1.67 bits per heavy atom. The normalized spacial score (nSPS) is 22.3. The molecule has 0 radical (unpaired) electrons. The third-order valence-electron chi connectivity index (χ3n) is 5.58. The third kappa shape index (κ3) is 12.3. The molecule has 2 fully saturated rings. The number of carbonyl (C=O) groups excluding carboxylic acids is 3. The number of hydrogen-bond acceptors (Lipinski definition) is 6. The molecule has 0 aromatic rings. The Kier molecular flexibility index (Phi) is 11.6. The monoisotopic (exact) mass is 470 g/mol. The minimum absolute atomic E-state index is 0.0231. The zero-order valence-electron chi connectivity index (χ0n) is 21.8. The van der Waals surface area contributed by atoms with Gasteiger partial charge in [0.2, 0.25) is 0 Å². The topological polar surface area (TPSA) is 96.4 Å². The number of ether oxygens (including phenoxy) is 2. The van der Waals surface area contributed by atoms with E-state index in [1.807, 2.05) is 41.5 Å². The molecule has 2 rings (SSSR count). The SMILES string of the molecule is CC(=O)C1CCCCN(C(=O)OC(C)(C)C)C1.CC(C)(C)OC(=O)N1CCCCC(CO)C1. The molecular formula is C25H46N2O6. The average Bonchev–Trinajstić information content (AvgIpc) is 3.07. The first-order valence-electron chi connectivity index (χ1n) is 12.3. The fraction of sp³-hybridized carbons (Fsp3) is 0.880. The maximum Gasteiger partial charge on any atom is 0.410 e. The molecule has 0 aromatic carbocycles. The van der Waals surface area contributed by atoms with Gasteiger partial charge in [-0.2, -0.15) is 0 Å². The van der Waals surface area contributed by atoms with Crippen molar-refractivity contribution in [1.82, 2.24) is 9.80 Å². The van der Waals surface area contributed by atoms with Crippen molar-refractivity contribution in [2.75, 3.05) is 32.8 Å². The highest BCUT2D eigenvalue weighted by Crippen LogP contribution is 2.20. The van der Waals surface area contributed by atoms with Gasteiger partial charge < -0.3 is 24.4 Å². The summed E-state index contributed by atoms with van der Waals surface area (Å²) in [5.41, 5.74) is -0.923. The van der Waals surface area contributed by atoms with E-state index in [0.717, 1.165) is 45.1 Å². The molecule has 0 bridgehead atoms. The van der Waals surface area contributed by atoms with Crippen LogP contribution in [0.5, 0.6) is 0 Å². The average molecular weight is 471 g/mol. The number of carbonyl (C=O) groups is 3. The Balaban J connectivity index is 0.000000331. The van der Waals surface area contributed by atoms with Crippen molar-refractivity contribution in [3.63, 3.8) is 0 Å². The number of amides is 2. The van der Waals surface area contributed by atoms with Crippen molar-refractivity contribution in [3.05, 3.63) is 0 Å². The predicted molar refractivity (Wildman–Crippen MR) is 128 cm³/mol. The number of Topliss-reactive ketones (excluding diaryl/α,β-unsaturated/α-hetero) is 1. The van der Waals surface area contributed by atoms with Gasteiger partial charge in [-0.05, 0) is 80.1 Å². The Bertz CT molecular complexity index is 638. The summed E-state index contributed by atoms with van der Waals surface area (Å²) in [6, 6.07) is 0. The molecular weight excluding hydrogens is 424 g/mol. The molecule has 2 saturated heterocycles. The third-order valence-corrected chi connectivity index (χ3v) is 5.58. The van der Waals surface area contributed by atoms with Crippen LogP contribution < -0.4 is 0 Å². The molecule has 192 valence electrons. The number of aliphatic hydroxyl groups excluding tert-OH is 1. The van der Waals surface area contributed by atoms with Crippen molar-refractivity contribution in [1.29, 1.82) is 0 Å². The molecule has 2 aliphatic heterocycles. The van der Waals surface area contributed by atoms with Gasteiger partial charge in [0.25, 0.3) is 0 Å². The second-order valence-electron chi connectivity index (χ2n) is 11.2. The Morgan fingerprint density at radius 1 is 0.788 bits per heavy atom. The number of likely N-dealkylation sites (tertiary alicyclic amines) is 2. The molecule has 2 heterocycles. The Morgan fingerprint density at radius 2 is 1.24 bits per heavy atom. The van der Waals surface area contributed by atoms with Crippen LogP contribution in [0.25, 0.3) is 0 Å². The van der Waals surface area contributed by atoms with Gasteiger partial charge in [-0.25, -0.2) is 9.59 Å². The van der Waals surface area contributed by atoms with Crippen LogP contribution in [0.3, 0.4) is 0 Å². The first-order valence-corrected chi connectivity index (χ1v) is 12.3. The fourth-order valence-corrected chi connectivity index (χ4v) is 3.84. The summed E-state index contributed by atoms with van der Waals surface area (Å²) >= 11 is 0. The first-order chi connectivity index (χ1) is 15.2. The molecule has 8 heteroatoms. The zero-order valence-corrected chi connectivity index (χ0v) is 21.8. The lowest BCUT2D eigenvalue weighted by atomic mass is 10.00. The summed E-state index contributed by atoms with van der Waals surface area (Å²) in [6.07, 6.45) is 5.34. The van der Waals surface area contributed by atoms with Gasteiger partial charge in [0.15, 0.2) is 0 Å². The van der Waals surface area contributed by atoms with Gasteiger partial charge in [-0.15, -0.1) is 0 Å². The van der Waals surface area contributed by atoms with E-state index in [0.29, 0.717) is 19.6 Å². The maximum atomic E-state index is 11.9. The summed E-state index contributed by atoms with van der Waals surface area (Å²) < 4.78 is 10.7. The van der Waals surface area contributed by atoms with Gasteiger partial charge in [0.1, 0.15) is 17.0 Å². The van der Waals surface area contributed by atoms with E-state index in [1.54, 1.807) is 16.7 Å². The second kappa shape index (κ2) is 13.2. The lowest BCUT2D eigenvalue weighted by Crippen LogP contribution is -2.40. The number of aliphatic hydroxyl groups is 1. The van der Waals surface area contributed by atoms with E-state index in [1.165, 1.54) is 0 Å². The molecule has 2 aliphatic rings. The van der Waals surface area contributed by atoms with Crippen molar-refractivity contribution >= 4 is 18.0 Å². The second-order valence-corrected chi connectivity index (χ2v) is 11.2. The summed E-state index contributed by atoms with van der Waals surface area (Å²) in [4.78, 5) is 38.6. The number of ketones is 1. The fourth-order valence-electron chi connectivity index (χ4n) is 3.84. The minimum atomic E-state index is -0.477. The van der Waals surface area contributed by atoms with E-state index in [2.05, 4.69) is 0 Å². The van der Waals surface area contributed by atoms with Gasteiger partial charge in [0, 0.05) is 38.7 Å². The molecule has 0 aromatic heterocycles. The predicted octanol–water partition coefficient (Wildman–Crippen LogP) is 4.63. The van der Waals surface area contributed by atoms with E-state index in [-0.39, 0.29) is 36.4 Å². The van der Waals surface area contributed by atoms with Crippen molar-refractivity contribution in [2.45, 2.75) is 98.2 Å². The highest BCUT2D eigenvalue weighted by molar-refractivity contribution is 5.79. The standard InChI is InChI=1S/C13H23NO3.C12H23NO3/c1-10(15)11-7-5-6-8-14(9-11)12(16)17-13(2,3)4;1-12(2,3)16-11(15)13-7-5-4-6-10(8-13)9-14/h11H,5-9H2,1-4H3;10,14H,4-9H2,1-3H3. The Labute approximate surface area is 200 Å². The highest BCUT2D eigenvalue weighted by atomic mass is 16.6. The molecule has 2 amide bonds. The summed E-state index contributed by atoms with van der Waals surface area (Å²) in [5.74, 6) is 0.348. The van der Waals surface area contributed by atoms with E-state index in [9.17, 15) is 14.4 Å². The molecule has 2 atom stereocenters. The maximum absolute atomic E-state index is 11.9. The molecule has 33 heavy (non-hydrogen) atoms. The summed E-state index contributed by atoms with van der Waals surface area (Å²) in [7, 11) is 0. The Hall–Kier alpha value is -1.83. The van der Waals surface area contributed by atoms with Crippen LogP contribution in [0.4, 0.5) is 9.59 Å². The van der Waals surface area contributed by atoms with Crippen molar-refractivity contribution < 1.29 is 29.0 Å². The van der Waals surface area contributed by atoms with Crippen LogP contribution in [0.15, 0.2) is 0 Å². The molecule has 2 unspecified atom stereocenters. The molecule has 0 saturated carbocycles. The van der Waals surface area contributed by atoms with Gasteiger partial charge >= 0.3 is 12.2 Å². The smallest absolute Gasteiger partial charge is 0.410 e. The number of rotatable bonds is 2. The quantitative estimate of drug-likeness (QED) is 0.632. The number of nitrogens with zero attached hydrogens (tertiary/aromatic N) is 2. The van der Waals surface area contributed by atoms with Crippen LogP contribution >= 0.6 is 0 Å². The molecule has 8 nitrogen and oxygen atoms in total. The summed E-state index contributed by atoms with van der Waals surface area (Å²) in [6.45, 7) is 15.5. The highest BCUT2D eigenvalue weighted by Gasteiger charge is 2.28. The van der Waals surface area contributed by atoms with E-state index < -0.39 is 11.2 Å². The van der Waals surface area contributed by atoms with E-state index >= 15 is 0 Å². The molecule has 1 N–H and O–H groups in total. The lowest BCUT2D eigenvalue weighted by molar-refractivity contribution is -0.121.